The van der Waals surface area contributed by atoms with Crippen molar-refractivity contribution in [1.29, 1.82) is 0 Å². The van der Waals surface area contributed by atoms with Crippen LogP contribution in [0.5, 0.6) is 11.6 Å². The maximum absolute atomic E-state index is 14.0. The molecule has 2 aromatic carbocycles. The van der Waals surface area contributed by atoms with Gasteiger partial charge in [0.05, 0.1) is 10.6 Å². The fourth-order valence-corrected chi connectivity index (χ4v) is 4.87. The van der Waals surface area contributed by atoms with Crippen LogP contribution < -0.4 is 14.8 Å². The molecule has 1 heterocycles. The quantitative estimate of drug-likeness (QED) is 0.326. The standard InChI is InChI=1S/C23H24FN5O6S/c1-13(2)25-22(30)21-14(3)23(28(26-21)17-6-4-5-15(24)11-17)35-19-10-9-18(29(31)32)12-20(19)36(33,34)27-16-7-8-16/h4-6,9-13,16,27H,7-8H2,1-3H3,(H,25,30). The summed E-state index contributed by atoms with van der Waals surface area (Å²) in [6, 6.07) is 8.11. The number of nitro groups is 1. The van der Waals surface area contributed by atoms with Gasteiger partial charge in [-0.15, -0.1) is 0 Å². The highest BCUT2D eigenvalue weighted by atomic mass is 32.2. The molecule has 2 N–H and O–H groups in total. The second-order valence-electron chi connectivity index (χ2n) is 8.68. The fraction of sp³-hybridized carbons (Fsp3) is 0.304. The summed E-state index contributed by atoms with van der Waals surface area (Å²) in [5.74, 6) is -1.34. The van der Waals surface area contributed by atoms with Crippen LogP contribution in [0.3, 0.4) is 0 Å². The van der Waals surface area contributed by atoms with Gasteiger partial charge in [-0.25, -0.2) is 17.5 Å². The van der Waals surface area contributed by atoms with Crippen molar-refractivity contribution in [2.75, 3.05) is 0 Å². The average molecular weight is 518 g/mol. The number of nitro benzene ring substituents is 1. The molecule has 0 aliphatic heterocycles. The summed E-state index contributed by atoms with van der Waals surface area (Å²) in [7, 11) is -4.17. The Hall–Kier alpha value is -3.84. The number of aromatic nitrogens is 2. The summed E-state index contributed by atoms with van der Waals surface area (Å²) in [4.78, 5) is 22.9. The predicted molar refractivity (Wildman–Crippen MR) is 127 cm³/mol. The van der Waals surface area contributed by atoms with Crippen molar-refractivity contribution in [3.63, 3.8) is 0 Å². The predicted octanol–water partition coefficient (Wildman–Crippen LogP) is 3.60. The van der Waals surface area contributed by atoms with Gasteiger partial charge in [0.15, 0.2) is 5.69 Å². The highest BCUT2D eigenvalue weighted by Gasteiger charge is 2.32. The Bertz CT molecular complexity index is 1450. The lowest BCUT2D eigenvalue weighted by Crippen LogP contribution is -2.31. The molecular formula is C23H24FN5O6S. The molecule has 36 heavy (non-hydrogen) atoms. The topological polar surface area (TPSA) is 145 Å². The fourth-order valence-electron chi connectivity index (χ4n) is 3.42. The lowest BCUT2D eigenvalue weighted by Gasteiger charge is -2.14. The van der Waals surface area contributed by atoms with Gasteiger partial charge >= 0.3 is 0 Å². The van der Waals surface area contributed by atoms with Gasteiger partial charge < -0.3 is 10.1 Å². The van der Waals surface area contributed by atoms with Gasteiger partial charge in [-0.2, -0.15) is 9.78 Å². The third-order valence-electron chi connectivity index (χ3n) is 5.29. The van der Waals surface area contributed by atoms with Crippen LogP contribution in [0.1, 0.15) is 42.7 Å². The van der Waals surface area contributed by atoms with E-state index in [4.69, 9.17) is 4.74 Å². The van der Waals surface area contributed by atoms with E-state index in [0.717, 1.165) is 18.2 Å². The van der Waals surface area contributed by atoms with Crippen molar-refractivity contribution in [2.45, 2.75) is 50.6 Å². The van der Waals surface area contributed by atoms with Crippen molar-refractivity contribution in [2.24, 2.45) is 0 Å². The number of benzene rings is 2. The zero-order valence-electron chi connectivity index (χ0n) is 19.7. The third-order valence-corrected chi connectivity index (χ3v) is 6.83. The number of nitrogens with one attached hydrogen (secondary N) is 2. The van der Waals surface area contributed by atoms with Crippen molar-refractivity contribution >= 4 is 21.6 Å². The molecule has 4 rings (SSSR count). The molecule has 0 unspecified atom stereocenters. The number of carbonyl (C=O) groups is 1. The van der Waals surface area contributed by atoms with E-state index in [1.165, 1.54) is 28.9 Å². The Kier molecular flexibility index (Phi) is 6.78. The molecule has 1 saturated carbocycles. The summed E-state index contributed by atoms with van der Waals surface area (Å²) in [6.45, 7) is 5.10. The summed E-state index contributed by atoms with van der Waals surface area (Å²) >= 11 is 0. The Labute approximate surface area is 206 Å². The van der Waals surface area contributed by atoms with Gasteiger partial charge in [-0.3, -0.25) is 14.9 Å². The van der Waals surface area contributed by atoms with Crippen LogP contribution in [0.25, 0.3) is 5.69 Å². The van der Waals surface area contributed by atoms with E-state index in [2.05, 4.69) is 15.1 Å². The van der Waals surface area contributed by atoms with Crippen molar-refractivity contribution in [3.8, 4) is 17.3 Å². The molecule has 1 aliphatic carbocycles. The number of rotatable bonds is 9. The molecular weight excluding hydrogens is 493 g/mol. The number of carbonyl (C=O) groups excluding carboxylic acids is 1. The van der Waals surface area contributed by atoms with E-state index in [9.17, 15) is 27.7 Å². The van der Waals surface area contributed by atoms with E-state index in [0.29, 0.717) is 12.8 Å². The van der Waals surface area contributed by atoms with Gasteiger partial charge in [-0.1, -0.05) is 6.07 Å². The normalized spacial score (nSPS) is 13.6. The Morgan fingerprint density at radius 2 is 1.97 bits per heavy atom. The monoisotopic (exact) mass is 517 g/mol. The van der Waals surface area contributed by atoms with Gasteiger partial charge in [0.1, 0.15) is 16.5 Å². The highest BCUT2D eigenvalue weighted by molar-refractivity contribution is 7.89. The number of halogens is 1. The summed E-state index contributed by atoms with van der Waals surface area (Å²) in [5.41, 5.74) is 0.0321. The molecule has 3 aromatic rings. The van der Waals surface area contributed by atoms with Crippen LogP contribution in [0, 0.1) is 22.9 Å². The largest absolute Gasteiger partial charge is 0.437 e. The Morgan fingerprint density at radius 3 is 2.58 bits per heavy atom. The smallest absolute Gasteiger partial charge is 0.272 e. The van der Waals surface area contributed by atoms with Crippen LogP contribution in [-0.2, 0) is 10.0 Å². The lowest BCUT2D eigenvalue weighted by atomic mass is 10.2. The number of hydrogen-bond donors (Lipinski definition) is 2. The zero-order valence-corrected chi connectivity index (χ0v) is 20.5. The van der Waals surface area contributed by atoms with E-state index in [1.54, 1.807) is 20.8 Å². The number of non-ortho nitro benzene ring substituents is 1. The maximum atomic E-state index is 14.0. The minimum atomic E-state index is -4.17. The molecule has 0 atom stereocenters. The molecule has 0 spiro atoms. The second-order valence-corrected chi connectivity index (χ2v) is 10.4. The molecule has 1 aliphatic rings. The second kappa shape index (κ2) is 9.66. The number of hydrogen-bond acceptors (Lipinski definition) is 7. The zero-order chi connectivity index (χ0) is 26.2. The van der Waals surface area contributed by atoms with Gasteiger partial charge in [0.25, 0.3) is 11.6 Å². The average Bonchev–Trinajstić information content (AvgIpc) is 3.54. The molecule has 190 valence electrons. The molecule has 1 fully saturated rings. The first-order valence-electron chi connectivity index (χ1n) is 11.1. The van der Waals surface area contributed by atoms with Crippen LogP contribution in [0.4, 0.5) is 10.1 Å². The van der Waals surface area contributed by atoms with Crippen LogP contribution in [0.2, 0.25) is 0 Å². The van der Waals surface area contributed by atoms with E-state index >= 15 is 0 Å². The lowest BCUT2D eigenvalue weighted by molar-refractivity contribution is -0.385. The number of amides is 1. The Balaban J connectivity index is 1.86. The van der Waals surface area contributed by atoms with Crippen molar-refractivity contribution < 1.29 is 27.3 Å². The van der Waals surface area contributed by atoms with Crippen LogP contribution >= 0.6 is 0 Å². The minimum Gasteiger partial charge on any atom is -0.437 e. The number of nitrogens with zero attached hydrogens (tertiary/aromatic N) is 3. The molecule has 13 heteroatoms. The van der Waals surface area contributed by atoms with Crippen LogP contribution in [0.15, 0.2) is 47.4 Å². The summed E-state index contributed by atoms with van der Waals surface area (Å²) < 4.78 is 49.7. The molecule has 0 radical (unpaired) electrons. The minimum absolute atomic E-state index is 0.00890. The van der Waals surface area contributed by atoms with Crippen molar-refractivity contribution in [3.05, 3.63) is 69.7 Å². The van der Waals surface area contributed by atoms with E-state index in [-0.39, 0.29) is 40.7 Å². The van der Waals surface area contributed by atoms with Crippen LogP contribution in [-0.4, -0.2) is 41.1 Å². The first-order chi connectivity index (χ1) is 17.0. The summed E-state index contributed by atoms with van der Waals surface area (Å²) in [5, 5.41) is 18.4. The molecule has 0 bridgehead atoms. The first kappa shape index (κ1) is 25.3. The van der Waals surface area contributed by atoms with Crippen molar-refractivity contribution in [1.82, 2.24) is 19.8 Å². The molecule has 1 amide bonds. The van der Waals surface area contributed by atoms with Gasteiger partial charge in [-0.05, 0) is 57.9 Å². The molecule has 1 aromatic heterocycles. The SMILES string of the molecule is Cc1c(C(=O)NC(C)C)nn(-c2cccc(F)c2)c1Oc1ccc([N+](=O)[O-])cc1S(=O)(=O)NC1CC1. The molecule has 11 nitrogen and oxygen atoms in total. The molecule has 0 saturated heterocycles. The van der Waals surface area contributed by atoms with E-state index < -0.39 is 37.3 Å². The first-order valence-corrected chi connectivity index (χ1v) is 12.6. The summed E-state index contributed by atoms with van der Waals surface area (Å²) in [6.07, 6.45) is 1.31. The van der Waals surface area contributed by atoms with E-state index in [1.807, 2.05) is 0 Å². The third kappa shape index (κ3) is 5.36. The number of ether oxygens (including phenoxy) is 1. The highest BCUT2D eigenvalue weighted by Crippen LogP contribution is 2.36. The Morgan fingerprint density at radius 1 is 1.25 bits per heavy atom. The maximum Gasteiger partial charge on any atom is 0.272 e. The van der Waals surface area contributed by atoms with Gasteiger partial charge in [0, 0.05) is 29.8 Å². The number of sulfonamides is 1. The van der Waals surface area contributed by atoms with Gasteiger partial charge in [0.2, 0.25) is 15.9 Å².